The number of thioether (sulfide) groups is 1. The molecule has 0 atom stereocenters. The lowest BCUT2D eigenvalue weighted by molar-refractivity contribution is -0.138. The fourth-order valence-corrected chi connectivity index (χ4v) is 0.699. The predicted octanol–water partition coefficient (Wildman–Crippen LogP) is 2.21. The summed E-state index contributed by atoms with van der Waals surface area (Å²) >= 11 is 1.32. The van der Waals surface area contributed by atoms with E-state index >= 15 is 0 Å². The summed E-state index contributed by atoms with van der Waals surface area (Å²) in [4.78, 5) is 11.4. The first-order valence-corrected chi connectivity index (χ1v) is 4.84. The number of hydrogen-bond acceptors (Lipinski definition) is 3. The van der Waals surface area contributed by atoms with Crippen molar-refractivity contribution in [3.05, 3.63) is 11.5 Å². The highest BCUT2D eigenvalue weighted by Crippen LogP contribution is 2.09. The Hall–Kier alpha value is -0.440. The molecule has 0 heterocycles. The molecule has 0 aromatic heterocycles. The van der Waals surface area contributed by atoms with Gasteiger partial charge in [0.25, 0.3) is 0 Å². The van der Waals surface area contributed by atoms with Crippen molar-refractivity contribution in [2.24, 2.45) is 0 Å². The molecule has 2 nitrogen and oxygen atoms in total. The summed E-state index contributed by atoms with van der Waals surface area (Å²) in [6.45, 7) is 6.10. The van der Waals surface area contributed by atoms with Crippen LogP contribution < -0.4 is 0 Å². The minimum absolute atomic E-state index is 0.286. The molecule has 0 saturated heterocycles. The average molecular weight is 174 g/mol. The number of rotatable bonds is 5. The van der Waals surface area contributed by atoms with Crippen LogP contribution in [0.5, 0.6) is 0 Å². The lowest BCUT2D eigenvalue weighted by Crippen LogP contribution is -2.05. The highest BCUT2D eigenvalue weighted by molar-refractivity contribution is 8.03. The molecule has 0 rings (SSSR count). The SMILES string of the molecule is C=C(SC)C(=O)OCCCC. The molecule has 0 aliphatic rings. The maximum atomic E-state index is 10.9. The van der Waals surface area contributed by atoms with Crippen molar-refractivity contribution < 1.29 is 9.53 Å². The number of carbonyl (C=O) groups excluding carboxylic acids is 1. The topological polar surface area (TPSA) is 26.3 Å². The van der Waals surface area contributed by atoms with Crippen LogP contribution in [0, 0.1) is 0 Å². The minimum atomic E-state index is -0.286. The van der Waals surface area contributed by atoms with Gasteiger partial charge in [-0.1, -0.05) is 19.9 Å². The highest BCUT2D eigenvalue weighted by atomic mass is 32.2. The van der Waals surface area contributed by atoms with Crippen molar-refractivity contribution in [1.29, 1.82) is 0 Å². The Balaban J connectivity index is 3.44. The van der Waals surface area contributed by atoms with Crippen LogP contribution in [-0.4, -0.2) is 18.8 Å². The Morgan fingerprint density at radius 1 is 1.64 bits per heavy atom. The number of esters is 1. The molecule has 0 aliphatic carbocycles. The number of carbonyl (C=O) groups is 1. The maximum absolute atomic E-state index is 10.9. The lowest BCUT2D eigenvalue weighted by Gasteiger charge is -2.02. The Labute approximate surface area is 72.0 Å². The number of unbranched alkanes of at least 4 members (excludes halogenated alkanes) is 1. The molecule has 0 fully saturated rings. The highest BCUT2D eigenvalue weighted by Gasteiger charge is 2.05. The van der Waals surface area contributed by atoms with E-state index in [2.05, 4.69) is 13.5 Å². The van der Waals surface area contributed by atoms with Crippen LogP contribution >= 0.6 is 11.8 Å². The first kappa shape index (κ1) is 10.6. The van der Waals surface area contributed by atoms with E-state index < -0.39 is 0 Å². The quantitative estimate of drug-likeness (QED) is 0.363. The Kier molecular flexibility index (Phi) is 6.03. The second kappa shape index (κ2) is 6.28. The molecule has 0 spiro atoms. The molecule has 0 radical (unpaired) electrons. The van der Waals surface area contributed by atoms with Gasteiger partial charge in [-0.2, -0.15) is 0 Å². The van der Waals surface area contributed by atoms with Crippen LogP contribution in [0.25, 0.3) is 0 Å². The third-order valence-electron chi connectivity index (χ3n) is 1.21. The molecule has 0 aromatic rings. The van der Waals surface area contributed by atoms with Gasteiger partial charge in [0.05, 0.1) is 11.5 Å². The Morgan fingerprint density at radius 2 is 2.27 bits per heavy atom. The number of hydrogen-bond donors (Lipinski definition) is 0. The fourth-order valence-electron chi connectivity index (χ4n) is 0.473. The van der Waals surface area contributed by atoms with Gasteiger partial charge in [-0.15, -0.1) is 11.8 Å². The molecule has 0 aromatic carbocycles. The second-order valence-corrected chi connectivity index (χ2v) is 3.02. The van der Waals surface area contributed by atoms with Crippen molar-refractivity contribution >= 4 is 17.7 Å². The smallest absolute Gasteiger partial charge is 0.343 e. The van der Waals surface area contributed by atoms with Crippen LogP contribution in [0.4, 0.5) is 0 Å². The average Bonchev–Trinajstić information content (AvgIpc) is 2.03. The third-order valence-corrected chi connectivity index (χ3v) is 1.86. The zero-order valence-electron chi connectivity index (χ0n) is 7.05. The standard InChI is InChI=1S/C8H14O2S/c1-4-5-6-10-8(9)7(2)11-3/h2,4-6H2,1,3H3. The molecular formula is C8H14O2S. The summed E-state index contributed by atoms with van der Waals surface area (Å²) < 4.78 is 4.88. The first-order valence-electron chi connectivity index (χ1n) is 3.62. The molecule has 3 heteroatoms. The molecule has 0 N–H and O–H groups in total. The Morgan fingerprint density at radius 3 is 2.73 bits per heavy atom. The van der Waals surface area contributed by atoms with Crippen molar-refractivity contribution in [2.45, 2.75) is 19.8 Å². The molecule has 0 saturated carbocycles. The molecule has 64 valence electrons. The summed E-state index contributed by atoms with van der Waals surface area (Å²) in [5.74, 6) is -0.286. The van der Waals surface area contributed by atoms with Gasteiger partial charge in [0.1, 0.15) is 0 Å². The maximum Gasteiger partial charge on any atom is 0.343 e. The summed E-state index contributed by atoms with van der Waals surface area (Å²) in [6, 6.07) is 0. The van der Waals surface area contributed by atoms with Gasteiger partial charge in [0.2, 0.25) is 0 Å². The number of ether oxygens (including phenoxy) is 1. The van der Waals surface area contributed by atoms with Gasteiger partial charge in [0, 0.05) is 0 Å². The van der Waals surface area contributed by atoms with Crippen LogP contribution in [0.15, 0.2) is 11.5 Å². The first-order chi connectivity index (χ1) is 5.22. The zero-order chi connectivity index (χ0) is 8.69. The second-order valence-electron chi connectivity index (χ2n) is 2.12. The predicted molar refractivity (Wildman–Crippen MR) is 48.5 cm³/mol. The van der Waals surface area contributed by atoms with Gasteiger partial charge in [-0.3, -0.25) is 0 Å². The van der Waals surface area contributed by atoms with E-state index in [1.165, 1.54) is 11.8 Å². The molecule has 0 bridgehead atoms. The normalized spacial score (nSPS) is 9.27. The fraction of sp³-hybridized carbons (Fsp3) is 0.625. The van der Waals surface area contributed by atoms with E-state index in [1.54, 1.807) is 0 Å². The van der Waals surface area contributed by atoms with Gasteiger partial charge < -0.3 is 4.74 Å². The van der Waals surface area contributed by atoms with E-state index in [0.717, 1.165) is 12.8 Å². The van der Waals surface area contributed by atoms with Crippen molar-refractivity contribution in [3.8, 4) is 0 Å². The van der Waals surface area contributed by atoms with Crippen molar-refractivity contribution in [2.75, 3.05) is 12.9 Å². The van der Waals surface area contributed by atoms with Crippen molar-refractivity contribution in [1.82, 2.24) is 0 Å². The van der Waals surface area contributed by atoms with Gasteiger partial charge in [-0.05, 0) is 12.7 Å². The van der Waals surface area contributed by atoms with E-state index in [4.69, 9.17) is 4.74 Å². The van der Waals surface area contributed by atoms with Crippen molar-refractivity contribution in [3.63, 3.8) is 0 Å². The summed E-state index contributed by atoms with van der Waals surface area (Å²) in [7, 11) is 0. The van der Waals surface area contributed by atoms with Crippen LogP contribution in [0.2, 0.25) is 0 Å². The van der Waals surface area contributed by atoms with Crippen LogP contribution in [-0.2, 0) is 9.53 Å². The lowest BCUT2D eigenvalue weighted by atomic mass is 10.4. The monoisotopic (exact) mass is 174 g/mol. The molecule has 0 aliphatic heterocycles. The van der Waals surface area contributed by atoms with E-state index in [9.17, 15) is 4.79 Å². The molecular weight excluding hydrogens is 160 g/mol. The summed E-state index contributed by atoms with van der Waals surface area (Å²) in [5, 5.41) is 0. The summed E-state index contributed by atoms with van der Waals surface area (Å²) in [6.07, 6.45) is 3.77. The van der Waals surface area contributed by atoms with Crippen LogP contribution in [0.3, 0.4) is 0 Å². The largest absolute Gasteiger partial charge is 0.462 e. The van der Waals surface area contributed by atoms with Gasteiger partial charge in [-0.25, -0.2) is 4.79 Å². The molecule has 0 unspecified atom stereocenters. The zero-order valence-corrected chi connectivity index (χ0v) is 7.87. The molecule has 0 amide bonds. The summed E-state index contributed by atoms with van der Waals surface area (Å²) in [5.41, 5.74) is 0. The van der Waals surface area contributed by atoms with E-state index in [0.29, 0.717) is 11.5 Å². The minimum Gasteiger partial charge on any atom is -0.462 e. The third kappa shape index (κ3) is 4.90. The Bertz CT molecular complexity index is 143. The van der Waals surface area contributed by atoms with E-state index in [1.807, 2.05) is 6.26 Å². The van der Waals surface area contributed by atoms with E-state index in [-0.39, 0.29) is 5.97 Å². The molecule has 11 heavy (non-hydrogen) atoms. The van der Waals surface area contributed by atoms with Crippen LogP contribution in [0.1, 0.15) is 19.8 Å². The van der Waals surface area contributed by atoms with Gasteiger partial charge in [0.15, 0.2) is 0 Å². The van der Waals surface area contributed by atoms with Gasteiger partial charge >= 0.3 is 5.97 Å².